The number of carboxylic acid groups (broad SMARTS) is 1. The van der Waals surface area contributed by atoms with Crippen LogP contribution < -0.4 is 0 Å². The number of aliphatic carboxylic acids is 1. The quantitative estimate of drug-likeness (QED) is 0.451. The van der Waals surface area contributed by atoms with Gasteiger partial charge in [-0.2, -0.15) is 0 Å². The van der Waals surface area contributed by atoms with E-state index in [2.05, 4.69) is 4.74 Å². The van der Waals surface area contributed by atoms with Gasteiger partial charge in [-0.3, -0.25) is 4.79 Å². The van der Waals surface area contributed by atoms with Gasteiger partial charge in [-0.1, -0.05) is 0 Å². The van der Waals surface area contributed by atoms with Crippen LogP contribution in [0.5, 0.6) is 0 Å². The van der Waals surface area contributed by atoms with Crippen LogP contribution in [0.15, 0.2) is 12.2 Å². The van der Waals surface area contributed by atoms with Crippen LogP contribution in [-0.4, -0.2) is 23.7 Å². The van der Waals surface area contributed by atoms with Crippen LogP contribution in [0, 0.1) is 0 Å². The van der Waals surface area contributed by atoms with E-state index in [4.69, 9.17) is 5.11 Å². The smallest absolute Gasteiger partial charge is 0.328 e. The van der Waals surface area contributed by atoms with Gasteiger partial charge in [0, 0.05) is 6.08 Å². The van der Waals surface area contributed by atoms with Gasteiger partial charge in [0.2, 0.25) is 0 Å². The first kappa shape index (κ1) is 8.68. The molecule has 0 rings (SSSR count). The first-order valence-electron chi connectivity index (χ1n) is 2.67. The number of carbonyl (C=O) groups is 2. The first-order chi connectivity index (χ1) is 4.66. The maximum Gasteiger partial charge on any atom is 0.328 e. The lowest BCUT2D eigenvalue weighted by molar-refractivity contribution is -0.133. The Balaban J connectivity index is 3.65. The number of carbonyl (C=O) groups excluding carboxylic acids is 1. The molecule has 0 bridgehead atoms. The van der Waals surface area contributed by atoms with Crippen molar-refractivity contribution in [2.75, 3.05) is 0 Å². The molecule has 0 spiro atoms. The monoisotopic (exact) mass is 144 g/mol. The molecule has 0 amide bonds. The number of rotatable bonds is 4. The summed E-state index contributed by atoms with van der Waals surface area (Å²) in [6, 6.07) is 0. The van der Waals surface area contributed by atoms with Gasteiger partial charge in [0.25, 0.3) is 6.47 Å². The lowest BCUT2D eigenvalue weighted by atomic mass is 10.3. The Morgan fingerprint density at radius 3 is 2.70 bits per heavy atom. The number of hydrogen-bond acceptors (Lipinski definition) is 3. The van der Waals surface area contributed by atoms with E-state index in [1.165, 1.54) is 6.08 Å². The van der Waals surface area contributed by atoms with Crippen LogP contribution in [0.2, 0.25) is 0 Å². The van der Waals surface area contributed by atoms with Crippen LogP contribution in [0.4, 0.5) is 0 Å². The molecule has 1 atom stereocenters. The molecule has 0 saturated carbocycles. The summed E-state index contributed by atoms with van der Waals surface area (Å²) in [7, 11) is 0. The molecule has 56 valence electrons. The molecular weight excluding hydrogens is 136 g/mol. The molecule has 0 radical (unpaired) electrons. The Morgan fingerprint density at radius 1 is 1.70 bits per heavy atom. The van der Waals surface area contributed by atoms with E-state index in [0.717, 1.165) is 6.08 Å². The minimum Gasteiger partial charge on any atom is -0.478 e. The third-order valence-corrected chi connectivity index (χ3v) is 0.780. The fourth-order valence-electron chi connectivity index (χ4n) is 0.351. The lowest BCUT2D eigenvalue weighted by Gasteiger charge is -1.99. The van der Waals surface area contributed by atoms with Crippen molar-refractivity contribution in [3.8, 4) is 0 Å². The molecule has 0 aliphatic rings. The Hall–Kier alpha value is -1.32. The van der Waals surface area contributed by atoms with E-state index in [1.807, 2.05) is 0 Å². The molecule has 0 aromatic rings. The standard InChI is InChI=1S/C6H8O4/c1-5(10-4-7)2-3-6(8)9/h2-5H,1H3,(H,8,9)/b3-2+. The normalized spacial score (nSPS) is 12.9. The molecule has 4 nitrogen and oxygen atoms in total. The van der Waals surface area contributed by atoms with Crippen molar-refractivity contribution < 1.29 is 19.4 Å². The lowest BCUT2D eigenvalue weighted by Crippen LogP contribution is -2.03. The maximum absolute atomic E-state index is 9.88. The second-order valence-electron chi connectivity index (χ2n) is 1.63. The highest BCUT2D eigenvalue weighted by molar-refractivity contribution is 5.79. The van der Waals surface area contributed by atoms with E-state index in [0.29, 0.717) is 0 Å². The van der Waals surface area contributed by atoms with Gasteiger partial charge in [-0.25, -0.2) is 4.79 Å². The summed E-state index contributed by atoms with van der Waals surface area (Å²) < 4.78 is 4.36. The summed E-state index contributed by atoms with van der Waals surface area (Å²) in [5.41, 5.74) is 0. The van der Waals surface area contributed by atoms with Crippen molar-refractivity contribution >= 4 is 12.4 Å². The molecule has 0 heterocycles. The number of hydrogen-bond donors (Lipinski definition) is 1. The fraction of sp³-hybridized carbons (Fsp3) is 0.333. The Morgan fingerprint density at radius 2 is 2.30 bits per heavy atom. The Bertz CT molecular complexity index is 150. The summed E-state index contributed by atoms with van der Waals surface area (Å²) >= 11 is 0. The van der Waals surface area contributed by atoms with Gasteiger partial charge >= 0.3 is 5.97 Å². The van der Waals surface area contributed by atoms with Crippen LogP contribution in [0.3, 0.4) is 0 Å². The molecule has 0 saturated heterocycles. The molecule has 0 aromatic carbocycles. The topological polar surface area (TPSA) is 63.6 Å². The van der Waals surface area contributed by atoms with Gasteiger partial charge in [-0.15, -0.1) is 0 Å². The molecule has 1 N–H and O–H groups in total. The molecule has 1 unspecified atom stereocenters. The first-order valence-corrected chi connectivity index (χ1v) is 2.67. The van der Waals surface area contributed by atoms with Gasteiger partial charge in [0.1, 0.15) is 6.10 Å². The molecule has 0 aliphatic heterocycles. The Kier molecular flexibility index (Phi) is 3.95. The number of carboxylic acids is 1. The van der Waals surface area contributed by atoms with Crippen LogP contribution >= 0.6 is 0 Å². The predicted octanol–water partition coefficient (Wildman–Crippen LogP) is 0.189. The van der Waals surface area contributed by atoms with Crippen molar-refractivity contribution in [1.82, 2.24) is 0 Å². The van der Waals surface area contributed by atoms with E-state index in [-0.39, 0.29) is 6.47 Å². The average Bonchev–Trinajstić information content (AvgIpc) is 1.85. The van der Waals surface area contributed by atoms with E-state index in [9.17, 15) is 9.59 Å². The van der Waals surface area contributed by atoms with E-state index < -0.39 is 12.1 Å². The molecule has 0 aromatic heterocycles. The predicted molar refractivity (Wildman–Crippen MR) is 33.4 cm³/mol. The summed E-state index contributed by atoms with van der Waals surface area (Å²) in [4.78, 5) is 19.5. The van der Waals surface area contributed by atoms with Crippen molar-refractivity contribution in [2.45, 2.75) is 13.0 Å². The average molecular weight is 144 g/mol. The van der Waals surface area contributed by atoms with E-state index in [1.54, 1.807) is 6.92 Å². The summed E-state index contributed by atoms with van der Waals surface area (Å²) in [5, 5.41) is 8.10. The van der Waals surface area contributed by atoms with Crippen LogP contribution in [0.25, 0.3) is 0 Å². The molecule has 10 heavy (non-hydrogen) atoms. The van der Waals surface area contributed by atoms with Gasteiger partial charge in [-0.05, 0) is 13.0 Å². The highest BCUT2D eigenvalue weighted by atomic mass is 16.5. The maximum atomic E-state index is 9.88. The summed E-state index contributed by atoms with van der Waals surface area (Å²) in [6.07, 6.45) is 1.72. The molecule has 0 aliphatic carbocycles. The summed E-state index contributed by atoms with van der Waals surface area (Å²) in [5.74, 6) is -1.05. The van der Waals surface area contributed by atoms with Gasteiger partial charge in [0.15, 0.2) is 0 Å². The highest BCUT2D eigenvalue weighted by Crippen LogP contribution is 1.88. The zero-order valence-corrected chi connectivity index (χ0v) is 5.48. The zero-order valence-electron chi connectivity index (χ0n) is 5.48. The molecule has 4 heteroatoms. The molecule has 0 fully saturated rings. The fourth-order valence-corrected chi connectivity index (χ4v) is 0.351. The van der Waals surface area contributed by atoms with Crippen molar-refractivity contribution in [2.24, 2.45) is 0 Å². The highest BCUT2D eigenvalue weighted by Gasteiger charge is 1.94. The molecular formula is C6H8O4. The third-order valence-electron chi connectivity index (χ3n) is 0.780. The SMILES string of the molecule is CC(/C=C/C(=O)O)OC=O. The van der Waals surface area contributed by atoms with Gasteiger partial charge < -0.3 is 9.84 Å². The van der Waals surface area contributed by atoms with Crippen LogP contribution in [-0.2, 0) is 14.3 Å². The number of ether oxygens (including phenoxy) is 1. The second-order valence-corrected chi connectivity index (χ2v) is 1.63. The minimum atomic E-state index is -1.05. The van der Waals surface area contributed by atoms with Crippen molar-refractivity contribution in [3.05, 3.63) is 12.2 Å². The van der Waals surface area contributed by atoms with E-state index >= 15 is 0 Å². The van der Waals surface area contributed by atoms with Crippen molar-refractivity contribution in [1.29, 1.82) is 0 Å². The van der Waals surface area contributed by atoms with Crippen LogP contribution in [0.1, 0.15) is 6.92 Å². The minimum absolute atomic E-state index is 0.275. The largest absolute Gasteiger partial charge is 0.478 e. The zero-order chi connectivity index (χ0) is 7.98. The third kappa shape index (κ3) is 4.83. The van der Waals surface area contributed by atoms with Crippen molar-refractivity contribution in [3.63, 3.8) is 0 Å². The Labute approximate surface area is 58.1 Å². The second kappa shape index (κ2) is 4.55. The van der Waals surface area contributed by atoms with Gasteiger partial charge in [0.05, 0.1) is 0 Å². The summed E-state index contributed by atoms with van der Waals surface area (Å²) in [6.45, 7) is 1.84.